The first-order valence-electron chi connectivity index (χ1n) is 13.5. The maximum atomic E-state index is 15.1. The van der Waals surface area contributed by atoms with Crippen LogP contribution in [-0.2, 0) is 0 Å². The largest absolute Gasteiger partial charge is 0.382 e. The Balaban J connectivity index is 1.37. The van der Waals surface area contributed by atoms with E-state index in [-0.39, 0.29) is 5.82 Å². The summed E-state index contributed by atoms with van der Waals surface area (Å²) in [6.07, 6.45) is 12.1. The van der Waals surface area contributed by atoms with Crippen LogP contribution in [0.5, 0.6) is 0 Å². The summed E-state index contributed by atoms with van der Waals surface area (Å²) in [5.74, 6) is 0.328. The van der Waals surface area contributed by atoms with Crippen LogP contribution < -0.4 is 5.32 Å². The Hall–Kier alpha value is -3.40. The molecule has 0 atom stereocenters. The predicted molar refractivity (Wildman–Crippen MR) is 144 cm³/mol. The summed E-state index contributed by atoms with van der Waals surface area (Å²) in [5.41, 5.74) is 10.9. The molecule has 0 amide bonds. The van der Waals surface area contributed by atoms with Crippen molar-refractivity contribution in [3.8, 4) is 22.4 Å². The van der Waals surface area contributed by atoms with Crippen molar-refractivity contribution in [3.05, 3.63) is 89.0 Å². The Bertz CT molecular complexity index is 1500. The topological polar surface area (TPSA) is 29.3 Å². The number of halogens is 1. The van der Waals surface area contributed by atoms with Crippen LogP contribution in [0.2, 0.25) is 0 Å². The molecule has 2 aromatic carbocycles. The predicted octanol–water partition coefficient (Wildman–Crippen LogP) is 8.03. The summed E-state index contributed by atoms with van der Waals surface area (Å²) in [6.45, 7) is 1.93. The molecule has 0 aliphatic heterocycles. The molecule has 0 radical (unpaired) electrons. The van der Waals surface area contributed by atoms with Crippen molar-refractivity contribution < 1.29 is 4.39 Å². The first-order valence-corrected chi connectivity index (χ1v) is 13.5. The van der Waals surface area contributed by atoms with Crippen LogP contribution >= 0.6 is 0 Å². The van der Waals surface area contributed by atoms with Gasteiger partial charge in [0.1, 0.15) is 11.5 Å². The molecule has 2 aromatic heterocycles. The van der Waals surface area contributed by atoms with Crippen LogP contribution in [-0.4, -0.2) is 15.4 Å². The van der Waals surface area contributed by atoms with Gasteiger partial charge in [-0.25, -0.2) is 9.37 Å². The quantitative estimate of drug-likeness (QED) is 0.305. The number of fused-ring (bicyclic) bond motifs is 1. The number of rotatable bonds is 6. The molecule has 3 aliphatic carbocycles. The van der Waals surface area contributed by atoms with Gasteiger partial charge in [0.25, 0.3) is 0 Å². The number of aromatic nitrogens is 2. The van der Waals surface area contributed by atoms with Crippen molar-refractivity contribution in [2.75, 3.05) is 0 Å². The summed E-state index contributed by atoms with van der Waals surface area (Å²) in [5, 5.41) is 3.87. The van der Waals surface area contributed by atoms with Crippen LogP contribution in [0.15, 0.2) is 66.4 Å². The fourth-order valence-electron chi connectivity index (χ4n) is 5.68. The minimum atomic E-state index is -0.180. The van der Waals surface area contributed by atoms with E-state index in [0.717, 1.165) is 28.0 Å². The van der Waals surface area contributed by atoms with Crippen LogP contribution in [0.1, 0.15) is 74.1 Å². The van der Waals surface area contributed by atoms with Crippen molar-refractivity contribution >= 4 is 11.3 Å². The van der Waals surface area contributed by atoms with Gasteiger partial charge in [0.05, 0.1) is 11.4 Å². The first-order chi connectivity index (χ1) is 17.7. The molecule has 182 valence electrons. The van der Waals surface area contributed by atoms with E-state index in [1.54, 1.807) is 11.6 Å². The lowest BCUT2D eigenvalue weighted by molar-refractivity contribution is 0.376. The molecule has 1 N–H and O–H groups in total. The van der Waals surface area contributed by atoms with Crippen molar-refractivity contribution in [3.63, 3.8) is 0 Å². The Kier molecular flexibility index (Phi) is 5.23. The second-order valence-corrected chi connectivity index (χ2v) is 10.9. The highest BCUT2D eigenvalue weighted by Crippen LogP contribution is 2.46. The summed E-state index contributed by atoms with van der Waals surface area (Å²) in [7, 11) is 0. The molecular weight excluding hydrogens is 445 g/mol. The third-order valence-electron chi connectivity index (χ3n) is 8.28. The molecule has 7 rings (SSSR count). The van der Waals surface area contributed by atoms with Gasteiger partial charge < -0.3 is 9.72 Å². The van der Waals surface area contributed by atoms with Crippen LogP contribution in [0.3, 0.4) is 0 Å². The highest BCUT2D eigenvalue weighted by atomic mass is 19.1. The molecule has 3 fully saturated rings. The minimum absolute atomic E-state index is 0.180. The zero-order chi connectivity index (χ0) is 24.2. The summed E-state index contributed by atoms with van der Waals surface area (Å²) < 4.78 is 17.3. The van der Waals surface area contributed by atoms with E-state index >= 15 is 4.39 Å². The van der Waals surface area contributed by atoms with Gasteiger partial charge in [-0.05, 0) is 93.2 Å². The molecule has 3 nitrogen and oxygen atoms in total. The lowest BCUT2D eigenvalue weighted by atomic mass is 9.86. The van der Waals surface area contributed by atoms with E-state index in [1.165, 1.54) is 68.3 Å². The number of benzene rings is 2. The van der Waals surface area contributed by atoms with Crippen LogP contribution in [0.25, 0.3) is 33.7 Å². The second kappa shape index (κ2) is 8.62. The highest BCUT2D eigenvalue weighted by molar-refractivity contribution is 5.85. The summed E-state index contributed by atoms with van der Waals surface area (Å²) in [6, 6.07) is 18.8. The molecule has 0 bridgehead atoms. The van der Waals surface area contributed by atoms with Gasteiger partial charge in [-0.2, -0.15) is 0 Å². The maximum absolute atomic E-state index is 15.1. The number of hydrogen-bond donors (Lipinski definition) is 1. The fraction of sp³-hybridized carbons (Fsp3) is 0.344. The monoisotopic (exact) mass is 477 g/mol. The standard InChI is InChI=1S/C32H32FN3/c1-20-12-15-26(28(33)18-20)25-10-2-3-11-27(25)31-32(22-13-14-22)36-17-16-23(19-29(36)35-31)30(21-6-4-7-21)34-24-8-5-9-24/h2-3,10-12,15-19,22,24,34H,4-9,13-14H2,1H3. The van der Waals surface area contributed by atoms with Crippen LogP contribution in [0.4, 0.5) is 4.39 Å². The average molecular weight is 478 g/mol. The van der Waals surface area contributed by atoms with E-state index in [4.69, 9.17) is 4.98 Å². The molecular formula is C32H32FN3. The third kappa shape index (κ3) is 3.75. The van der Waals surface area contributed by atoms with E-state index in [9.17, 15) is 0 Å². The number of hydrogen-bond acceptors (Lipinski definition) is 2. The molecule has 0 spiro atoms. The zero-order valence-corrected chi connectivity index (χ0v) is 20.9. The Labute approximate surface area is 212 Å². The highest BCUT2D eigenvalue weighted by Gasteiger charge is 2.32. The average Bonchev–Trinajstić information content (AvgIpc) is 3.58. The van der Waals surface area contributed by atoms with Gasteiger partial charge >= 0.3 is 0 Å². The van der Waals surface area contributed by atoms with Crippen LogP contribution in [0, 0.1) is 12.7 Å². The second-order valence-electron chi connectivity index (χ2n) is 10.9. The fourth-order valence-corrected chi connectivity index (χ4v) is 5.68. The number of allylic oxidation sites excluding steroid dienone is 1. The van der Waals surface area contributed by atoms with Gasteiger partial charge in [-0.15, -0.1) is 0 Å². The molecule has 4 heteroatoms. The zero-order valence-electron chi connectivity index (χ0n) is 20.9. The SMILES string of the molecule is Cc1ccc(-c2ccccc2-c2nc3cc(C(NC4CCC4)=C4CCC4)ccn3c2C2CC2)c(F)c1. The van der Waals surface area contributed by atoms with Gasteiger partial charge in [0, 0.05) is 40.5 Å². The molecule has 2 heterocycles. The lowest BCUT2D eigenvalue weighted by Crippen LogP contribution is -2.35. The number of aryl methyl sites for hydroxylation is 1. The Morgan fingerprint density at radius 3 is 2.39 bits per heavy atom. The van der Waals surface area contributed by atoms with Gasteiger partial charge in [-0.1, -0.05) is 36.4 Å². The van der Waals surface area contributed by atoms with Gasteiger partial charge in [0.2, 0.25) is 0 Å². The van der Waals surface area contributed by atoms with Crippen molar-refractivity contribution in [1.82, 2.24) is 14.7 Å². The first kappa shape index (κ1) is 21.8. The third-order valence-corrected chi connectivity index (χ3v) is 8.28. The van der Waals surface area contributed by atoms with Gasteiger partial charge in [0.15, 0.2) is 0 Å². The molecule has 0 saturated heterocycles. The van der Waals surface area contributed by atoms with Crippen molar-refractivity contribution in [1.29, 1.82) is 0 Å². The normalized spacial score (nSPS) is 17.7. The molecule has 0 unspecified atom stereocenters. The Morgan fingerprint density at radius 1 is 0.917 bits per heavy atom. The summed E-state index contributed by atoms with van der Waals surface area (Å²) >= 11 is 0. The number of nitrogens with zero attached hydrogens (tertiary/aromatic N) is 2. The number of pyridine rings is 1. The number of imidazole rings is 1. The van der Waals surface area contributed by atoms with Crippen molar-refractivity contribution in [2.45, 2.75) is 70.3 Å². The van der Waals surface area contributed by atoms with Crippen molar-refractivity contribution in [2.24, 2.45) is 0 Å². The van der Waals surface area contributed by atoms with E-state index < -0.39 is 0 Å². The number of nitrogens with one attached hydrogen (secondary N) is 1. The minimum Gasteiger partial charge on any atom is -0.382 e. The molecule has 36 heavy (non-hydrogen) atoms. The summed E-state index contributed by atoms with van der Waals surface area (Å²) in [4.78, 5) is 5.23. The lowest BCUT2D eigenvalue weighted by Gasteiger charge is -2.32. The Morgan fingerprint density at radius 2 is 1.72 bits per heavy atom. The maximum Gasteiger partial charge on any atom is 0.138 e. The molecule has 3 saturated carbocycles. The van der Waals surface area contributed by atoms with E-state index in [0.29, 0.717) is 17.5 Å². The molecule has 4 aromatic rings. The smallest absolute Gasteiger partial charge is 0.138 e. The van der Waals surface area contributed by atoms with E-state index in [1.807, 2.05) is 37.3 Å². The van der Waals surface area contributed by atoms with Gasteiger partial charge in [-0.3, -0.25) is 0 Å². The molecule has 3 aliphatic rings. The van der Waals surface area contributed by atoms with E-state index in [2.05, 4.69) is 34.1 Å².